The normalized spacial score (nSPS) is 18.1. The largest absolute Gasteiger partial charge is 0.444 e. The number of ether oxygens (including phenoxy) is 1. The number of hydrogen-bond acceptors (Lipinski definition) is 5. The molecule has 10 heteroatoms. The number of benzene rings is 1. The summed E-state index contributed by atoms with van der Waals surface area (Å²) in [6, 6.07) is 2.45. The Labute approximate surface area is 154 Å². The van der Waals surface area contributed by atoms with E-state index in [1.54, 1.807) is 25.7 Å². The highest BCUT2D eigenvalue weighted by Gasteiger charge is 2.35. The molecule has 1 N–H and O–H groups in total. The van der Waals surface area contributed by atoms with E-state index in [1.807, 2.05) is 0 Å². The number of carbonyl (C=O) groups excluding carboxylic acids is 1. The second-order valence-electron chi connectivity index (χ2n) is 7.45. The van der Waals surface area contributed by atoms with Crippen LogP contribution in [-0.4, -0.2) is 35.7 Å². The summed E-state index contributed by atoms with van der Waals surface area (Å²) in [7, 11) is 0. The van der Waals surface area contributed by atoms with E-state index in [-0.39, 0.29) is 12.2 Å². The molecule has 1 aliphatic heterocycles. The quantitative estimate of drug-likeness (QED) is 0.621. The van der Waals surface area contributed by atoms with Gasteiger partial charge < -0.3 is 15.0 Å². The number of piperidine rings is 1. The molecule has 0 bridgehead atoms. The van der Waals surface area contributed by atoms with Crippen LogP contribution in [-0.2, 0) is 10.9 Å². The molecule has 1 heterocycles. The van der Waals surface area contributed by atoms with Gasteiger partial charge in [-0.15, -0.1) is 0 Å². The average Bonchev–Trinajstić information content (AvgIpc) is 2.51. The van der Waals surface area contributed by atoms with Crippen molar-refractivity contribution in [2.24, 2.45) is 0 Å². The van der Waals surface area contributed by atoms with Crippen LogP contribution in [0.15, 0.2) is 18.2 Å². The molecule has 0 radical (unpaired) electrons. The summed E-state index contributed by atoms with van der Waals surface area (Å²) in [6.45, 7) is 5.99. The molecule has 1 amide bonds. The van der Waals surface area contributed by atoms with Gasteiger partial charge in [-0.3, -0.25) is 10.1 Å². The lowest BCUT2D eigenvalue weighted by atomic mass is 10.1. The van der Waals surface area contributed by atoms with E-state index in [9.17, 15) is 28.1 Å². The number of carbonyl (C=O) groups is 1. The molecule has 0 spiro atoms. The maximum absolute atomic E-state index is 12.8. The molecule has 1 unspecified atom stereocenters. The molecule has 0 aliphatic carbocycles. The van der Waals surface area contributed by atoms with Crippen LogP contribution >= 0.6 is 0 Å². The van der Waals surface area contributed by atoms with Gasteiger partial charge in [0.05, 0.1) is 17.0 Å². The van der Waals surface area contributed by atoms with Crippen molar-refractivity contribution in [2.45, 2.75) is 51.4 Å². The van der Waals surface area contributed by atoms with Crippen molar-refractivity contribution >= 4 is 17.5 Å². The van der Waals surface area contributed by atoms with Crippen LogP contribution < -0.4 is 10.2 Å². The van der Waals surface area contributed by atoms with Gasteiger partial charge in [0.25, 0.3) is 5.69 Å². The predicted molar refractivity (Wildman–Crippen MR) is 92.7 cm³/mol. The molecular formula is C17H22F3N3O4. The van der Waals surface area contributed by atoms with Gasteiger partial charge in [-0.2, -0.15) is 13.2 Å². The molecule has 0 aromatic heterocycles. The van der Waals surface area contributed by atoms with Crippen LogP contribution in [0, 0.1) is 10.1 Å². The summed E-state index contributed by atoms with van der Waals surface area (Å²) in [5.74, 6) is 0. The summed E-state index contributed by atoms with van der Waals surface area (Å²) in [5.41, 5.74) is -2.09. The number of nitrogens with zero attached hydrogens (tertiary/aromatic N) is 2. The summed E-state index contributed by atoms with van der Waals surface area (Å²) in [5, 5.41) is 13.9. The molecule has 0 saturated carbocycles. The van der Waals surface area contributed by atoms with Crippen molar-refractivity contribution in [3.8, 4) is 0 Å². The van der Waals surface area contributed by atoms with E-state index in [2.05, 4.69) is 5.32 Å². The maximum atomic E-state index is 12.8. The van der Waals surface area contributed by atoms with E-state index < -0.39 is 40.1 Å². The minimum absolute atomic E-state index is 0.0810. The molecule has 150 valence electrons. The van der Waals surface area contributed by atoms with Gasteiger partial charge >= 0.3 is 12.3 Å². The lowest BCUT2D eigenvalue weighted by Gasteiger charge is -2.34. The SMILES string of the molecule is CC(C)(C)NC(=O)OC1CCCN(c2ccc(C(F)(F)F)cc2[N+](=O)[O-])C1. The van der Waals surface area contributed by atoms with Crippen molar-refractivity contribution in [1.82, 2.24) is 5.32 Å². The predicted octanol–water partition coefficient (Wildman–Crippen LogP) is 4.11. The minimum atomic E-state index is -4.66. The molecule has 1 aromatic carbocycles. The highest BCUT2D eigenvalue weighted by Crippen LogP contribution is 2.37. The Morgan fingerprint density at radius 1 is 1.33 bits per heavy atom. The summed E-state index contributed by atoms with van der Waals surface area (Å²) in [4.78, 5) is 23.9. The van der Waals surface area contributed by atoms with E-state index in [4.69, 9.17) is 4.74 Å². The van der Waals surface area contributed by atoms with Crippen LogP contribution in [0.5, 0.6) is 0 Å². The Morgan fingerprint density at radius 3 is 2.56 bits per heavy atom. The monoisotopic (exact) mass is 389 g/mol. The van der Waals surface area contributed by atoms with E-state index in [0.29, 0.717) is 25.5 Å². The number of hydrogen-bond donors (Lipinski definition) is 1. The third-order valence-corrected chi connectivity index (χ3v) is 3.97. The van der Waals surface area contributed by atoms with Gasteiger partial charge in [-0.25, -0.2) is 4.79 Å². The third kappa shape index (κ3) is 5.73. The smallest absolute Gasteiger partial charge is 0.416 e. The highest BCUT2D eigenvalue weighted by atomic mass is 19.4. The fourth-order valence-corrected chi connectivity index (χ4v) is 2.85. The number of alkyl carbamates (subject to hydrolysis) is 1. The summed E-state index contributed by atoms with van der Waals surface area (Å²) >= 11 is 0. The molecule has 1 saturated heterocycles. The van der Waals surface area contributed by atoms with Crippen molar-refractivity contribution in [1.29, 1.82) is 0 Å². The second-order valence-corrected chi connectivity index (χ2v) is 7.45. The molecule has 27 heavy (non-hydrogen) atoms. The Balaban J connectivity index is 2.18. The Kier molecular flexibility index (Phi) is 5.86. The van der Waals surface area contributed by atoms with E-state index in [0.717, 1.165) is 12.1 Å². The number of halogens is 3. The van der Waals surface area contributed by atoms with Crippen LogP contribution in [0.1, 0.15) is 39.2 Å². The van der Waals surface area contributed by atoms with Gasteiger partial charge in [0, 0.05) is 18.2 Å². The first-order valence-electron chi connectivity index (χ1n) is 8.46. The Hall–Kier alpha value is -2.52. The summed E-state index contributed by atoms with van der Waals surface area (Å²) < 4.78 is 43.9. The Morgan fingerprint density at radius 2 is 2.00 bits per heavy atom. The first-order chi connectivity index (χ1) is 12.4. The molecular weight excluding hydrogens is 367 g/mol. The molecule has 1 atom stereocenters. The van der Waals surface area contributed by atoms with Crippen molar-refractivity contribution < 1.29 is 27.6 Å². The highest BCUT2D eigenvalue weighted by molar-refractivity contribution is 5.69. The van der Waals surface area contributed by atoms with E-state index >= 15 is 0 Å². The summed E-state index contributed by atoms with van der Waals surface area (Å²) in [6.07, 6.45) is -4.62. The third-order valence-electron chi connectivity index (χ3n) is 3.97. The fourth-order valence-electron chi connectivity index (χ4n) is 2.85. The number of amides is 1. The molecule has 1 aliphatic rings. The van der Waals surface area contributed by atoms with Crippen molar-refractivity contribution in [2.75, 3.05) is 18.0 Å². The van der Waals surface area contributed by atoms with Crippen molar-refractivity contribution in [3.63, 3.8) is 0 Å². The van der Waals surface area contributed by atoms with Gasteiger partial charge in [0.1, 0.15) is 11.8 Å². The molecule has 7 nitrogen and oxygen atoms in total. The number of anilines is 1. The minimum Gasteiger partial charge on any atom is -0.444 e. The lowest BCUT2D eigenvalue weighted by molar-refractivity contribution is -0.384. The standard InChI is InChI=1S/C17H22F3N3O4/c1-16(2,3)21-15(24)27-12-5-4-8-22(10-12)13-7-6-11(17(18,19)20)9-14(13)23(25)26/h6-7,9,12H,4-5,8,10H2,1-3H3,(H,21,24). The number of alkyl halides is 3. The lowest BCUT2D eigenvalue weighted by Crippen LogP contribution is -2.46. The number of nitro benzene ring substituents is 1. The number of nitro groups is 1. The maximum Gasteiger partial charge on any atom is 0.416 e. The fraction of sp³-hybridized carbons (Fsp3) is 0.588. The first kappa shape index (κ1) is 20.8. The van der Waals surface area contributed by atoms with Gasteiger partial charge in [0.2, 0.25) is 0 Å². The number of rotatable bonds is 3. The molecule has 1 aromatic rings. The molecule has 1 fully saturated rings. The van der Waals surface area contributed by atoms with E-state index in [1.165, 1.54) is 0 Å². The van der Waals surface area contributed by atoms with Gasteiger partial charge in [-0.05, 0) is 45.7 Å². The van der Waals surface area contributed by atoms with Crippen LogP contribution in [0.25, 0.3) is 0 Å². The zero-order valence-corrected chi connectivity index (χ0v) is 15.3. The van der Waals surface area contributed by atoms with Crippen molar-refractivity contribution in [3.05, 3.63) is 33.9 Å². The second kappa shape index (κ2) is 7.61. The first-order valence-corrected chi connectivity index (χ1v) is 8.46. The van der Waals surface area contributed by atoms with Crippen LogP contribution in [0.3, 0.4) is 0 Å². The van der Waals surface area contributed by atoms with Crippen LogP contribution in [0.2, 0.25) is 0 Å². The zero-order chi connectivity index (χ0) is 20.4. The average molecular weight is 389 g/mol. The zero-order valence-electron chi connectivity index (χ0n) is 15.3. The number of nitrogens with one attached hydrogen (secondary N) is 1. The van der Waals surface area contributed by atoms with Gasteiger partial charge in [-0.1, -0.05) is 0 Å². The van der Waals surface area contributed by atoms with Gasteiger partial charge in [0.15, 0.2) is 0 Å². The van der Waals surface area contributed by atoms with Crippen LogP contribution in [0.4, 0.5) is 29.3 Å². The molecule has 2 rings (SSSR count). The topological polar surface area (TPSA) is 84.7 Å². The Bertz CT molecular complexity index is 716.